The Bertz CT molecular complexity index is 595. The van der Waals surface area contributed by atoms with Crippen LogP contribution in [-0.2, 0) is 21.6 Å². The Hall–Kier alpha value is -1.53. The second-order valence-electron chi connectivity index (χ2n) is 3.40. The molecule has 1 aromatic rings. The van der Waals surface area contributed by atoms with Gasteiger partial charge in [-0.05, 0) is 6.07 Å². The summed E-state index contributed by atoms with van der Waals surface area (Å²) in [4.78, 5) is 3.84. The molecule has 19 heavy (non-hydrogen) atoms. The lowest BCUT2D eigenvalue weighted by Gasteiger charge is -2.10. The standard InChI is InChI=1S/C10H10ClNO6S/c11-1-2-19(15,16)18-10-4-9(13)8(6-17-14)3-7(10)5-12/h3-4,13-14H,1-2,6H2. The third-order valence-corrected chi connectivity index (χ3v) is 3.62. The fraction of sp³-hybridized carbons (Fsp3) is 0.300. The molecule has 0 aliphatic carbocycles. The number of rotatable bonds is 6. The molecule has 0 spiro atoms. The van der Waals surface area contributed by atoms with Gasteiger partial charge in [-0.15, -0.1) is 11.6 Å². The number of aromatic hydroxyl groups is 1. The molecule has 1 aromatic carbocycles. The van der Waals surface area contributed by atoms with Gasteiger partial charge in [0, 0.05) is 17.5 Å². The minimum atomic E-state index is -3.93. The van der Waals surface area contributed by atoms with Crippen molar-refractivity contribution < 1.29 is 27.9 Å². The molecule has 0 heterocycles. The van der Waals surface area contributed by atoms with E-state index in [-0.39, 0.29) is 35.1 Å². The van der Waals surface area contributed by atoms with Crippen LogP contribution in [0.15, 0.2) is 12.1 Å². The number of phenolic OH excluding ortho intramolecular Hbond substituents is 1. The molecule has 0 unspecified atom stereocenters. The van der Waals surface area contributed by atoms with Crippen molar-refractivity contribution in [2.45, 2.75) is 6.61 Å². The topological polar surface area (TPSA) is 117 Å². The Labute approximate surface area is 114 Å². The third-order valence-electron chi connectivity index (χ3n) is 2.07. The van der Waals surface area contributed by atoms with Crippen molar-refractivity contribution in [3.8, 4) is 17.6 Å². The van der Waals surface area contributed by atoms with Gasteiger partial charge in [-0.1, -0.05) is 0 Å². The van der Waals surface area contributed by atoms with E-state index in [1.165, 1.54) is 0 Å². The predicted molar refractivity (Wildman–Crippen MR) is 65.4 cm³/mol. The Kier molecular flexibility index (Phi) is 5.38. The molecule has 0 saturated carbocycles. The SMILES string of the molecule is N#Cc1cc(COO)c(O)cc1OS(=O)(=O)CCCl. The zero-order valence-electron chi connectivity index (χ0n) is 9.54. The first-order chi connectivity index (χ1) is 8.93. The predicted octanol–water partition coefficient (Wildman–Crippen LogP) is 1.20. The van der Waals surface area contributed by atoms with Crippen LogP contribution in [0.5, 0.6) is 11.5 Å². The highest BCUT2D eigenvalue weighted by Crippen LogP contribution is 2.29. The second kappa shape index (κ2) is 6.58. The van der Waals surface area contributed by atoms with Gasteiger partial charge in [0.1, 0.15) is 18.4 Å². The lowest BCUT2D eigenvalue weighted by Crippen LogP contribution is -2.15. The van der Waals surface area contributed by atoms with Crippen molar-refractivity contribution in [1.29, 1.82) is 5.26 Å². The lowest BCUT2D eigenvalue weighted by atomic mass is 10.1. The minimum absolute atomic E-state index is 0.112. The average Bonchev–Trinajstić information content (AvgIpc) is 2.32. The summed E-state index contributed by atoms with van der Waals surface area (Å²) in [5.41, 5.74) is -0.0101. The Morgan fingerprint density at radius 3 is 2.63 bits per heavy atom. The summed E-state index contributed by atoms with van der Waals surface area (Å²) >= 11 is 5.31. The molecule has 0 amide bonds. The van der Waals surface area contributed by atoms with E-state index in [9.17, 15) is 13.5 Å². The van der Waals surface area contributed by atoms with Gasteiger partial charge in [0.2, 0.25) is 0 Å². The van der Waals surface area contributed by atoms with Crippen molar-refractivity contribution >= 4 is 21.7 Å². The number of hydrogen-bond donors (Lipinski definition) is 2. The fourth-order valence-electron chi connectivity index (χ4n) is 1.23. The number of nitrogens with zero attached hydrogens (tertiary/aromatic N) is 1. The summed E-state index contributed by atoms with van der Waals surface area (Å²) in [6.07, 6.45) is 0. The van der Waals surface area contributed by atoms with Gasteiger partial charge in [-0.25, -0.2) is 4.89 Å². The first-order valence-corrected chi connectivity index (χ1v) is 7.05. The van der Waals surface area contributed by atoms with Crippen molar-refractivity contribution in [3.05, 3.63) is 23.3 Å². The van der Waals surface area contributed by atoms with E-state index in [2.05, 4.69) is 9.07 Å². The maximum atomic E-state index is 11.4. The quantitative estimate of drug-likeness (QED) is 0.351. The Morgan fingerprint density at radius 1 is 1.42 bits per heavy atom. The highest BCUT2D eigenvalue weighted by atomic mass is 35.5. The van der Waals surface area contributed by atoms with Crippen molar-refractivity contribution in [1.82, 2.24) is 0 Å². The normalized spacial score (nSPS) is 11.0. The number of alkyl halides is 1. The largest absolute Gasteiger partial charge is 0.507 e. The molecule has 1 rings (SSSR count). The lowest BCUT2D eigenvalue weighted by molar-refractivity contribution is -0.253. The summed E-state index contributed by atoms with van der Waals surface area (Å²) in [7, 11) is -3.93. The maximum absolute atomic E-state index is 11.4. The van der Waals surface area contributed by atoms with Gasteiger partial charge < -0.3 is 9.29 Å². The highest BCUT2D eigenvalue weighted by Gasteiger charge is 2.17. The number of phenols is 1. The second-order valence-corrected chi connectivity index (χ2v) is 5.46. The smallest absolute Gasteiger partial charge is 0.310 e. The summed E-state index contributed by atoms with van der Waals surface area (Å²) < 4.78 is 27.5. The first kappa shape index (κ1) is 15.5. The van der Waals surface area contributed by atoms with Gasteiger partial charge in [0.15, 0.2) is 5.75 Å². The van der Waals surface area contributed by atoms with Crippen LogP contribution >= 0.6 is 11.6 Å². The molecule has 0 aliphatic rings. The summed E-state index contributed by atoms with van der Waals surface area (Å²) in [5.74, 6) is -1.27. The number of benzene rings is 1. The molecule has 0 aromatic heterocycles. The van der Waals surface area contributed by atoms with Crippen LogP contribution in [0, 0.1) is 11.3 Å². The Morgan fingerprint density at radius 2 is 2.11 bits per heavy atom. The zero-order chi connectivity index (χ0) is 14.5. The van der Waals surface area contributed by atoms with Gasteiger partial charge in [-0.3, -0.25) is 5.26 Å². The molecule has 2 N–H and O–H groups in total. The molecule has 0 fully saturated rings. The molecule has 7 nitrogen and oxygen atoms in total. The zero-order valence-corrected chi connectivity index (χ0v) is 11.1. The molecule has 9 heteroatoms. The average molecular weight is 308 g/mol. The molecule has 0 bridgehead atoms. The van der Waals surface area contributed by atoms with E-state index in [1.54, 1.807) is 6.07 Å². The van der Waals surface area contributed by atoms with Gasteiger partial charge in [0.25, 0.3) is 0 Å². The molecular weight excluding hydrogens is 298 g/mol. The van der Waals surface area contributed by atoms with Crippen LogP contribution in [0.3, 0.4) is 0 Å². The molecule has 0 aliphatic heterocycles. The Balaban J connectivity index is 3.16. The monoisotopic (exact) mass is 307 g/mol. The van der Waals surface area contributed by atoms with Crippen LogP contribution in [0.1, 0.15) is 11.1 Å². The van der Waals surface area contributed by atoms with E-state index in [0.717, 1.165) is 12.1 Å². The van der Waals surface area contributed by atoms with Crippen molar-refractivity contribution in [3.63, 3.8) is 0 Å². The number of nitriles is 1. The van der Waals surface area contributed by atoms with Crippen LogP contribution in [0.2, 0.25) is 0 Å². The fourth-order valence-corrected chi connectivity index (χ4v) is 2.48. The maximum Gasteiger partial charge on any atom is 0.310 e. The summed E-state index contributed by atoms with van der Waals surface area (Å²) in [6, 6.07) is 3.82. The highest BCUT2D eigenvalue weighted by molar-refractivity contribution is 7.87. The number of halogens is 1. The van der Waals surface area contributed by atoms with E-state index in [4.69, 9.17) is 22.1 Å². The molecule has 0 saturated heterocycles. The summed E-state index contributed by atoms with van der Waals surface area (Å²) in [5, 5.41) is 26.8. The van der Waals surface area contributed by atoms with E-state index in [1.807, 2.05) is 0 Å². The number of hydrogen-bond acceptors (Lipinski definition) is 7. The molecular formula is C10H10ClNO6S. The van der Waals surface area contributed by atoms with Crippen LogP contribution in [0.4, 0.5) is 0 Å². The molecule has 0 radical (unpaired) electrons. The molecule has 104 valence electrons. The van der Waals surface area contributed by atoms with Crippen molar-refractivity contribution in [2.75, 3.05) is 11.6 Å². The van der Waals surface area contributed by atoms with E-state index in [0.29, 0.717) is 0 Å². The van der Waals surface area contributed by atoms with Crippen molar-refractivity contribution in [2.24, 2.45) is 0 Å². The van der Waals surface area contributed by atoms with Gasteiger partial charge in [-0.2, -0.15) is 13.7 Å². The van der Waals surface area contributed by atoms with Crippen LogP contribution in [-0.4, -0.2) is 30.4 Å². The van der Waals surface area contributed by atoms with Crippen LogP contribution in [0.25, 0.3) is 0 Å². The van der Waals surface area contributed by atoms with E-state index < -0.39 is 15.9 Å². The minimum Gasteiger partial charge on any atom is -0.507 e. The van der Waals surface area contributed by atoms with Gasteiger partial charge >= 0.3 is 10.1 Å². The molecule has 0 atom stereocenters. The van der Waals surface area contributed by atoms with Gasteiger partial charge in [0.05, 0.1) is 11.3 Å². The third kappa shape index (κ3) is 4.25. The summed E-state index contributed by atoms with van der Waals surface area (Å²) in [6.45, 7) is -0.352. The first-order valence-electron chi connectivity index (χ1n) is 4.94. The van der Waals surface area contributed by atoms with E-state index >= 15 is 0 Å². The van der Waals surface area contributed by atoms with Crippen LogP contribution < -0.4 is 4.18 Å².